The SMILES string of the molecule is COc1ccc(C)cc1NC(=O)CSc1nccnc1-n1cccn1. The molecule has 0 aliphatic carbocycles. The number of benzene rings is 1. The van der Waals surface area contributed by atoms with Gasteiger partial charge in [-0.3, -0.25) is 4.79 Å². The van der Waals surface area contributed by atoms with Crippen molar-refractivity contribution in [2.24, 2.45) is 0 Å². The van der Waals surface area contributed by atoms with Crippen molar-refractivity contribution in [3.05, 3.63) is 54.6 Å². The fraction of sp³-hybridized carbons (Fsp3) is 0.176. The molecule has 0 saturated carbocycles. The number of ether oxygens (including phenoxy) is 1. The number of anilines is 1. The van der Waals surface area contributed by atoms with Gasteiger partial charge in [-0.1, -0.05) is 17.8 Å². The number of aromatic nitrogens is 4. The van der Waals surface area contributed by atoms with Crippen molar-refractivity contribution in [1.82, 2.24) is 19.7 Å². The average molecular weight is 355 g/mol. The van der Waals surface area contributed by atoms with Gasteiger partial charge in [0, 0.05) is 24.8 Å². The third kappa shape index (κ3) is 4.16. The molecule has 0 spiro atoms. The second-order valence-electron chi connectivity index (χ2n) is 5.18. The summed E-state index contributed by atoms with van der Waals surface area (Å²) < 4.78 is 6.90. The summed E-state index contributed by atoms with van der Waals surface area (Å²) in [4.78, 5) is 20.9. The first-order valence-corrected chi connectivity index (χ1v) is 8.54. The number of thioether (sulfide) groups is 1. The molecular formula is C17H17N5O2S. The van der Waals surface area contributed by atoms with Gasteiger partial charge in [-0.15, -0.1) is 0 Å². The molecule has 25 heavy (non-hydrogen) atoms. The van der Waals surface area contributed by atoms with Gasteiger partial charge in [-0.25, -0.2) is 14.6 Å². The van der Waals surface area contributed by atoms with Crippen molar-refractivity contribution in [1.29, 1.82) is 0 Å². The van der Waals surface area contributed by atoms with E-state index in [0.29, 0.717) is 22.3 Å². The maximum absolute atomic E-state index is 12.3. The van der Waals surface area contributed by atoms with Crippen LogP contribution in [0.5, 0.6) is 5.75 Å². The van der Waals surface area contributed by atoms with E-state index >= 15 is 0 Å². The molecule has 0 aliphatic rings. The van der Waals surface area contributed by atoms with Crippen LogP contribution in [-0.2, 0) is 4.79 Å². The summed E-state index contributed by atoms with van der Waals surface area (Å²) >= 11 is 1.30. The number of aryl methyl sites for hydroxylation is 1. The van der Waals surface area contributed by atoms with Gasteiger partial charge in [0.1, 0.15) is 10.8 Å². The number of hydrogen-bond acceptors (Lipinski definition) is 6. The largest absolute Gasteiger partial charge is 0.495 e. The maximum Gasteiger partial charge on any atom is 0.234 e. The fourth-order valence-electron chi connectivity index (χ4n) is 2.21. The van der Waals surface area contributed by atoms with Crippen molar-refractivity contribution in [3.63, 3.8) is 0 Å². The van der Waals surface area contributed by atoms with Crippen LogP contribution in [0.4, 0.5) is 5.69 Å². The second-order valence-corrected chi connectivity index (χ2v) is 6.14. The number of nitrogens with zero attached hydrogens (tertiary/aromatic N) is 4. The molecule has 0 unspecified atom stereocenters. The van der Waals surface area contributed by atoms with Crippen LogP contribution in [0.25, 0.3) is 5.82 Å². The topological polar surface area (TPSA) is 81.9 Å². The Labute approximate surface area is 149 Å². The Morgan fingerprint density at radius 1 is 1.28 bits per heavy atom. The van der Waals surface area contributed by atoms with E-state index < -0.39 is 0 Å². The Morgan fingerprint density at radius 3 is 2.88 bits per heavy atom. The summed E-state index contributed by atoms with van der Waals surface area (Å²) in [6, 6.07) is 7.44. The molecule has 0 saturated heterocycles. The Kier molecular flexibility index (Phi) is 5.30. The zero-order chi connectivity index (χ0) is 17.6. The molecule has 1 N–H and O–H groups in total. The Hall–Kier alpha value is -2.87. The minimum absolute atomic E-state index is 0.147. The highest BCUT2D eigenvalue weighted by Gasteiger charge is 2.12. The van der Waals surface area contributed by atoms with Gasteiger partial charge in [-0.05, 0) is 30.7 Å². The molecule has 8 heteroatoms. The summed E-state index contributed by atoms with van der Waals surface area (Å²) in [5, 5.41) is 7.67. The van der Waals surface area contributed by atoms with Gasteiger partial charge in [0.05, 0.1) is 18.6 Å². The van der Waals surface area contributed by atoms with Gasteiger partial charge >= 0.3 is 0 Å². The lowest BCUT2D eigenvalue weighted by molar-refractivity contribution is -0.113. The molecule has 2 aromatic heterocycles. The average Bonchev–Trinajstić information content (AvgIpc) is 3.15. The molecule has 0 radical (unpaired) electrons. The summed E-state index contributed by atoms with van der Waals surface area (Å²) in [6.45, 7) is 1.96. The summed E-state index contributed by atoms with van der Waals surface area (Å²) in [5.41, 5.74) is 1.69. The molecule has 1 aromatic carbocycles. The first-order chi connectivity index (χ1) is 12.2. The molecule has 1 amide bonds. The third-order valence-corrected chi connectivity index (χ3v) is 4.30. The molecule has 7 nitrogen and oxygen atoms in total. The zero-order valence-electron chi connectivity index (χ0n) is 13.8. The van der Waals surface area contributed by atoms with Crippen LogP contribution < -0.4 is 10.1 Å². The lowest BCUT2D eigenvalue weighted by Gasteiger charge is -2.11. The number of methoxy groups -OCH3 is 1. The second kappa shape index (κ2) is 7.80. The first-order valence-electron chi connectivity index (χ1n) is 7.55. The number of carbonyl (C=O) groups excluding carboxylic acids is 1. The van der Waals surface area contributed by atoms with Crippen LogP contribution >= 0.6 is 11.8 Å². The normalized spacial score (nSPS) is 10.5. The van der Waals surface area contributed by atoms with Gasteiger partial charge in [0.15, 0.2) is 5.82 Å². The number of carbonyl (C=O) groups is 1. The highest BCUT2D eigenvalue weighted by Crippen LogP contribution is 2.26. The minimum atomic E-state index is -0.147. The van der Waals surface area contributed by atoms with Crippen LogP contribution in [-0.4, -0.2) is 38.5 Å². The molecule has 2 heterocycles. The monoisotopic (exact) mass is 355 g/mol. The fourth-order valence-corrected chi connectivity index (χ4v) is 2.96. The number of hydrogen-bond donors (Lipinski definition) is 1. The van der Waals surface area contributed by atoms with Crippen LogP contribution in [0.15, 0.2) is 54.1 Å². The third-order valence-electron chi connectivity index (χ3n) is 3.34. The van der Waals surface area contributed by atoms with E-state index in [4.69, 9.17) is 4.74 Å². The first kappa shape index (κ1) is 17.0. The molecular weight excluding hydrogens is 338 g/mol. The summed E-state index contributed by atoms with van der Waals surface area (Å²) in [5.74, 6) is 1.27. The van der Waals surface area contributed by atoms with Gasteiger partial charge in [0.25, 0.3) is 0 Å². The lowest BCUT2D eigenvalue weighted by atomic mass is 10.2. The van der Waals surface area contributed by atoms with Crippen molar-refractivity contribution in [2.45, 2.75) is 11.9 Å². The highest BCUT2D eigenvalue weighted by atomic mass is 32.2. The van der Waals surface area contributed by atoms with Crippen LogP contribution in [0, 0.1) is 6.92 Å². The minimum Gasteiger partial charge on any atom is -0.495 e. The number of nitrogens with one attached hydrogen (secondary N) is 1. The van der Waals surface area contributed by atoms with Crippen LogP contribution in [0.3, 0.4) is 0 Å². The van der Waals surface area contributed by atoms with Gasteiger partial charge in [-0.2, -0.15) is 5.10 Å². The van der Waals surface area contributed by atoms with E-state index in [1.165, 1.54) is 11.8 Å². The van der Waals surface area contributed by atoms with E-state index in [1.807, 2.05) is 25.1 Å². The zero-order valence-corrected chi connectivity index (χ0v) is 14.7. The molecule has 0 aliphatic heterocycles. The molecule has 0 atom stereocenters. The Morgan fingerprint density at radius 2 is 2.12 bits per heavy atom. The van der Waals surface area contributed by atoms with E-state index in [9.17, 15) is 4.79 Å². The van der Waals surface area contributed by atoms with Gasteiger partial charge in [0.2, 0.25) is 5.91 Å². The van der Waals surface area contributed by atoms with E-state index in [-0.39, 0.29) is 11.7 Å². The Bertz CT molecular complexity index is 867. The van der Waals surface area contributed by atoms with Crippen LogP contribution in [0.1, 0.15) is 5.56 Å². The highest BCUT2D eigenvalue weighted by molar-refractivity contribution is 8.00. The molecule has 3 aromatic rings. The van der Waals surface area contributed by atoms with Crippen molar-refractivity contribution in [3.8, 4) is 11.6 Å². The maximum atomic E-state index is 12.3. The van der Waals surface area contributed by atoms with Gasteiger partial charge < -0.3 is 10.1 Å². The van der Waals surface area contributed by atoms with Crippen molar-refractivity contribution >= 4 is 23.4 Å². The standard InChI is InChI=1S/C17H17N5O2S/c1-12-4-5-14(24-2)13(10-12)21-15(23)11-25-17-16(18-7-8-19-17)22-9-3-6-20-22/h3-10H,11H2,1-2H3,(H,21,23). The van der Waals surface area contributed by atoms with E-state index in [2.05, 4.69) is 20.4 Å². The molecule has 3 rings (SSSR count). The molecule has 0 fully saturated rings. The summed E-state index contributed by atoms with van der Waals surface area (Å²) in [6.07, 6.45) is 6.64. The van der Waals surface area contributed by atoms with Crippen molar-refractivity contribution < 1.29 is 9.53 Å². The van der Waals surface area contributed by atoms with E-state index in [0.717, 1.165) is 5.56 Å². The number of amides is 1. The Balaban J connectivity index is 1.69. The quantitative estimate of drug-likeness (QED) is 0.685. The molecule has 128 valence electrons. The predicted octanol–water partition coefficient (Wildman–Crippen LogP) is 2.71. The smallest absolute Gasteiger partial charge is 0.234 e. The van der Waals surface area contributed by atoms with Crippen molar-refractivity contribution in [2.75, 3.05) is 18.2 Å². The van der Waals surface area contributed by atoms with Crippen LogP contribution in [0.2, 0.25) is 0 Å². The molecule has 0 bridgehead atoms. The van der Waals surface area contributed by atoms with E-state index in [1.54, 1.807) is 42.6 Å². The predicted molar refractivity (Wildman–Crippen MR) is 96.2 cm³/mol. The lowest BCUT2D eigenvalue weighted by Crippen LogP contribution is -2.15. The summed E-state index contributed by atoms with van der Waals surface area (Å²) in [7, 11) is 1.57. The number of rotatable bonds is 6.